The first-order valence-corrected chi connectivity index (χ1v) is 12.5. The Kier molecular flexibility index (Phi) is 6.46. The predicted molar refractivity (Wildman–Crippen MR) is 131 cm³/mol. The Balaban J connectivity index is 1.80. The van der Waals surface area contributed by atoms with Gasteiger partial charge in [0, 0.05) is 29.8 Å². The van der Waals surface area contributed by atoms with Crippen LogP contribution in [0.1, 0.15) is 47.1 Å². The molecule has 0 N–H and O–H groups in total. The van der Waals surface area contributed by atoms with E-state index in [1.54, 1.807) is 12.1 Å². The molecule has 198 valence electrons. The van der Waals surface area contributed by atoms with Crippen molar-refractivity contribution in [2.75, 3.05) is 11.7 Å². The first-order valence-electron chi connectivity index (χ1n) is 11.6. The molecule has 0 unspecified atom stereocenters. The van der Waals surface area contributed by atoms with Gasteiger partial charge in [0.1, 0.15) is 18.5 Å². The van der Waals surface area contributed by atoms with Crippen molar-refractivity contribution in [1.29, 1.82) is 0 Å². The summed E-state index contributed by atoms with van der Waals surface area (Å²) in [7, 11) is 0. The topological polar surface area (TPSA) is 71.8 Å². The molecule has 0 bridgehead atoms. The molecule has 0 saturated carbocycles. The van der Waals surface area contributed by atoms with Crippen molar-refractivity contribution in [1.82, 2.24) is 9.58 Å². The van der Waals surface area contributed by atoms with Gasteiger partial charge in [-0.15, -0.1) is 11.8 Å². The summed E-state index contributed by atoms with van der Waals surface area (Å²) in [5.74, 6) is -2.74. The van der Waals surface area contributed by atoms with Crippen molar-refractivity contribution in [2.24, 2.45) is 0 Å². The van der Waals surface area contributed by atoms with E-state index in [2.05, 4.69) is 0 Å². The number of halogens is 4. The fraction of sp³-hybridized carbons (Fsp3) is 0.269. The van der Waals surface area contributed by atoms with Crippen molar-refractivity contribution in [3.8, 4) is 5.75 Å². The van der Waals surface area contributed by atoms with Gasteiger partial charge in [-0.3, -0.25) is 24.1 Å². The van der Waals surface area contributed by atoms with Crippen LogP contribution in [0.2, 0.25) is 0 Å². The van der Waals surface area contributed by atoms with E-state index in [9.17, 15) is 31.9 Å². The van der Waals surface area contributed by atoms with E-state index in [0.29, 0.717) is 21.8 Å². The van der Waals surface area contributed by atoms with E-state index in [1.165, 1.54) is 39.8 Å². The van der Waals surface area contributed by atoms with E-state index < -0.39 is 59.5 Å². The van der Waals surface area contributed by atoms with Gasteiger partial charge in [-0.1, -0.05) is 24.3 Å². The van der Waals surface area contributed by atoms with Crippen molar-refractivity contribution in [3.63, 3.8) is 0 Å². The summed E-state index contributed by atoms with van der Waals surface area (Å²) in [6.07, 6.45) is -3.51. The molecule has 1 amide bonds. The number of hydrogen-bond donors (Lipinski definition) is 0. The molecule has 2 aliphatic heterocycles. The molecule has 0 saturated heterocycles. The molecule has 2 aromatic carbocycles. The summed E-state index contributed by atoms with van der Waals surface area (Å²) in [5, 5.41) is 1.49. The highest BCUT2D eigenvalue weighted by atomic mass is 32.2. The number of esters is 1. The fourth-order valence-electron chi connectivity index (χ4n) is 4.71. The highest BCUT2D eigenvalue weighted by Crippen LogP contribution is 2.43. The number of alkyl halides is 3. The second kappa shape index (κ2) is 9.50. The average Bonchev–Trinajstić information content (AvgIpc) is 3.01. The van der Waals surface area contributed by atoms with Crippen molar-refractivity contribution >= 4 is 23.6 Å². The van der Waals surface area contributed by atoms with E-state index in [1.807, 2.05) is 18.2 Å². The number of pyridine rings is 1. The number of rotatable bonds is 3. The Labute approximate surface area is 218 Å². The highest BCUT2D eigenvalue weighted by Gasteiger charge is 2.48. The highest BCUT2D eigenvalue weighted by molar-refractivity contribution is 7.98. The van der Waals surface area contributed by atoms with E-state index in [-0.39, 0.29) is 0 Å². The van der Waals surface area contributed by atoms with Gasteiger partial charge in [-0.25, -0.2) is 4.39 Å². The summed E-state index contributed by atoms with van der Waals surface area (Å²) >= 11 is 1.45. The molecule has 2 atom stereocenters. The summed E-state index contributed by atoms with van der Waals surface area (Å²) in [6.45, 7) is 1.35. The molecule has 0 aliphatic carbocycles. The zero-order chi connectivity index (χ0) is 27.4. The van der Waals surface area contributed by atoms with Crippen molar-refractivity contribution in [2.45, 2.75) is 42.8 Å². The number of fused-ring (bicyclic) bond motifs is 3. The van der Waals surface area contributed by atoms with Gasteiger partial charge in [-0.05, 0) is 41.8 Å². The molecular formula is C26H21F4N3O4S. The lowest BCUT2D eigenvalue weighted by Crippen LogP contribution is -2.60. The first-order chi connectivity index (χ1) is 18.0. The monoisotopic (exact) mass is 547 g/mol. The Hall–Kier alpha value is -3.80. The van der Waals surface area contributed by atoms with Gasteiger partial charge in [-0.2, -0.15) is 13.2 Å². The Morgan fingerprint density at radius 2 is 1.84 bits per heavy atom. The van der Waals surface area contributed by atoms with E-state index >= 15 is 0 Å². The largest absolute Gasteiger partial charge is 0.420 e. The minimum Gasteiger partial charge on any atom is -0.420 e. The average molecular weight is 548 g/mol. The number of carbonyl (C=O) groups excluding carboxylic acids is 2. The third-order valence-corrected chi connectivity index (χ3v) is 7.69. The lowest BCUT2D eigenvalue weighted by molar-refractivity contribution is -0.173. The summed E-state index contributed by atoms with van der Waals surface area (Å²) in [6, 6.07) is 9.56. The number of nitrogens with zero attached hydrogens (tertiary/aromatic N) is 3. The molecule has 7 nitrogen and oxygen atoms in total. The van der Waals surface area contributed by atoms with Crippen LogP contribution in [-0.2, 0) is 10.5 Å². The molecule has 5 rings (SSSR count). The zero-order valence-electron chi connectivity index (χ0n) is 20.2. The van der Waals surface area contributed by atoms with Crippen LogP contribution in [0, 0.1) is 5.82 Å². The van der Waals surface area contributed by atoms with Crippen LogP contribution < -0.4 is 15.2 Å². The molecule has 1 aromatic heterocycles. The second-order valence-corrected chi connectivity index (χ2v) is 9.96. The first kappa shape index (κ1) is 25.8. The van der Waals surface area contributed by atoms with Crippen molar-refractivity contribution in [3.05, 3.63) is 93.2 Å². The molecular weight excluding hydrogens is 526 g/mol. The number of benzene rings is 2. The number of ether oxygens (including phenoxy) is 1. The van der Waals surface area contributed by atoms with Crippen molar-refractivity contribution < 1.29 is 31.9 Å². The lowest BCUT2D eigenvalue weighted by atomic mass is 9.94. The molecule has 0 spiro atoms. The molecule has 2 aliphatic rings. The number of carbonyl (C=O) groups is 2. The van der Waals surface area contributed by atoms with Gasteiger partial charge in [0.2, 0.25) is 11.2 Å². The standard InChI is InChI=1S/C26H21F4N3O4S/c1-14(26(28,29)30)31-13-33(32-10-9-20(35)24(37-15(2)34)23(32)25(31)36)22-18-8-7-17(27)11-16(18)12-38-21-6-4-3-5-19(21)22/h3-11,14,22H,12-13H2,1-2H3/t14-,22-/m0/s1. The molecule has 3 heterocycles. The maximum absolute atomic E-state index is 14.2. The molecule has 12 heteroatoms. The van der Waals surface area contributed by atoms with E-state index in [4.69, 9.17) is 4.74 Å². The predicted octanol–water partition coefficient (Wildman–Crippen LogP) is 4.61. The minimum atomic E-state index is -4.78. The maximum Gasteiger partial charge on any atom is 0.408 e. The minimum absolute atomic E-state index is 0.408. The number of amides is 1. The van der Waals surface area contributed by atoms with Crippen LogP contribution in [0.4, 0.5) is 17.6 Å². The number of aromatic nitrogens is 1. The van der Waals surface area contributed by atoms with Crippen LogP contribution in [0.5, 0.6) is 5.75 Å². The fourth-order valence-corrected chi connectivity index (χ4v) is 5.80. The van der Waals surface area contributed by atoms with Gasteiger partial charge < -0.3 is 9.64 Å². The molecule has 3 aromatic rings. The SMILES string of the molecule is CC(=O)Oc1c2n(ccc1=O)N([C@H]1c3ccc(F)cc3CSc3ccccc31)CN([C@@H](C)C(F)(F)F)C2=O. The molecule has 0 radical (unpaired) electrons. The third kappa shape index (κ3) is 4.42. The summed E-state index contributed by atoms with van der Waals surface area (Å²) in [4.78, 5) is 39.4. The van der Waals surface area contributed by atoms with Crippen LogP contribution in [0.15, 0.2) is 64.4 Å². The third-order valence-electron chi connectivity index (χ3n) is 6.55. The van der Waals surface area contributed by atoms with Crippen LogP contribution in [0.3, 0.4) is 0 Å². The molecule has 38 heavy (non-hydrogen) atoms. The van der Waals surface area contributed by atoms with Gasteiger partial charge in [0.15, 0.2) is 5.69 Å². The number of thioether (sulfide) groups is 1. The van der Waals surface area contributed by atoms with Gasteiger partial charge in [0.25, 0.3) is 5.91 Å². The lowest BCUT2D eigenvalue weighted by Gasteiger charge is -2.46. The Bertz CT molecular complexity index is 1510. The summed E-state index contributed by atoms with van der Waals surface area (Å²) < 4.78 is 62.3. The van der Waals surface area contributed by atoms with Gasteiger partial charge >= 0.3 is 12.1 Å². The Morgan fingerprint density at radius 3 is 2.55 bits per heavy atom. The van der Waals surface area contributed by atoms with Crippen LogP contribution >= 0.6 is 11.8 Å². The van der Waals surface area contributed by atoms with Crippen LogP contribution in [0.25, 0.3) is 0 Å². The Morgan fingerprint density at radius 1 is 1.11 bits per heavy atom. The zero-order valence-corrected chi connectivity index (χ0v) is 21.0. The normalized spacial score (nSPS) is 17.7. The van der Waals surface area contributed by atoms with Gasteiger partial charge in [0.05, 0.1) is 6.04 Å². The second-order valence-electron chi connectivity index (χ2n) is 8.94. The van der Waals surface area contributed by atoms with E-state index in [0.717, 1.165) is 30.4 Å². The quantitative estimate of drug-likeness (QED) is 0.353. The number of hydrogen-bond acceptors (Lipinski definition) is 6. The summed E-state index contributed by atoms with van der Waals surface area (Å²) in [5.41, 5.74) is 0.631. The maximum atomic E-state index is 14.2. The van der Waals surface area contributed by atoms with Crippen LogP contribution in [-0.4, -0.2) is 40.3 Å². The molecule has 0 fully saturated rings. The smallest absolute Gasteiger partial charge is 0.408 e.